The lowest BCUT2D eigenvalue weighted by atomic mass is 9.95. The van der Waals surface area contributed by atoms with Crippen molar-refractivity contribution in [3.8, 4) is 0 Å². The monoisotopic (exact) mass is 225 g/mol. The van der Waals surface area contributed by atoms with Crippen LogP contribution in [0.25, 0.3) is 0 Å². The molecule has 0 heterocycles. The fraction of sp³-hybridized carbons (Fsp3) is 0.312. The van der Waals surface area contributed by atoms with Crippen LogP contribution < -0.4 is 0 Å². The lowest BCUT2D eigenvalue weighted by Crippen LogP contribution is -1.97. The molecule has 1 aliphatic rings. The van der Waals surface area contributed by atoms with Crippen molar-refractivity contribution in [2.24, 2.45) is 10.9 Å². The Bertz CT molecular complexity index is 474. The van der Waals surface area contributed by atoms with Gasteiger partial charge in [0.05, 0.1) is 0 Å². The van der Waals surface area contributed by atoms with Gasteiger partial charge in [-0.05, 0) is 41.4 Å². The second-order valence-electron chi connectivity index (χ2n) is 3.99. The van der Waals surface area contributed by atoms with E-state index in [9.17, 15) is 0 Å². The highest BCUT2D eigenvalue weighted by atomic mass is 14.6. The standard InChI is InChI=1S/C16H19N/c1-5-15-9-7-6-8-10-16(11-13(15)2)14(3)12-17-4/h6-7,10-13H,3,5H2,1-2,4H3/b16-11+,17-12?. The summed E-state index contributed by atoms with van der Waals surface area (Å²) in [5.74, 6) is 0.359. The summed E-state index contributed by atoms with van der Waals surface area (Å²) in [4.78, 5) is 4.00. The van der Waals surface area contributed by atoms with Gasteiger partial charge in [0.15, 0.2) is 0 Å². The smallest absolute Gasteiger partial charge is 0.0281 e. The average molecular weight is 225 g/mol. The molecule has 0 saturated carbocycles. The number of nitrogens with zero attached hydrogens (tertiary/aromatic N) is 1. The Morgan fingerprint density at radius 2 is 2.29 bits per heavy atom. The maximum Gasteiger partial charge on any atom is 0.0281 e. The first-order valence-corrected chi connectivity index (χ1v) is 5.88. The molecule has 0 aromatic rings. The molecule has 1 rings (SSSR count). The lowest BCUT2D eigenvalue weighted by molar-refractivity contribution is 0.809. The molecule has 0 fully saturated rings. The summed E-state index contributed by atoms with van der Waals surface area (Å²) in [5.41, 5.74) is 9.68. The molecule has 0 spiro atoms. The summed E-state index contributed by atoms with van der Waals surface area (Å²) in [6.45, 7) is 8.34. The molecule has 1 heteroatoms. The Balaban J connectivity index is 3.17. The molecule has 0 aromatic heterocycles. The van der Waals surface area contributed by atoms with Crippen LogP contribution in [0, 0.1) is 5.92 Å². The van der Waals surface area contributed by atoms with Crippen molar-refractivity contribution in [1.82, 2.24) is 0 Å². The normalized spacial score (nSPS) is 22.6. The van der Waals surface area contributed by atoms with Crippen LogP contribution in [0.5, 0.6) is 0 Å². The van der Waals surface area contributed by atoms with Crippen LogP contribution in [0.1, 0.15) is 20.3 Å². The van der Waals surface area contributed by atoms with E-state index in [0.29, 0.717) is 5.92 Å². The Morgan fingerprint density at radius 1 is 1.53 bits per heavy atom. The number of rotatable bonds is 3. The largest absolute Gasteiger partial charge is 0.296 e. The van der Waals surface area contributed by atoms with E-state index in [-0.39, 0.29) is 0 Å². The minimum Gasteiger partial charge on any atom is -0.296 e. The Hall–Kier alpha value is -1.81. The van der Waals surface area contributed by atoms with Crippen LogP contribution in [0.2, 0.25) is 0 Å². The van der Waals surface area contributed by atoms with Gasteiger partial charge in [-0.1, -0.05) is 26.5 Å². The van der Waals surface area contributed by atoms with Crippen LogP contribution in [-0.2, 0) is 0 Å². The van der Waals surface area contributed by atoms with Crippen molar-refractivity contribution < 1.29 is 0 Å². The van der Waals surface area contributed by atoms with E-state index in [2.05, 4.69) is 43.0 Å². The van der Waals surface area contributed by atoms with Crippen molar-refractivity contribution in [3.63, 3.8) is 0 Å². The van der Waals surface area contributed by atoms with Crippen LogP contribution in [0.4, 0.5) is 0 Å². The van der Waals surface area contributed by atoms with E-state index in [1.165, 1.54) is 5.57 Å². The van der Waals surface area contributed by atoms with Crippen molar-refractivity contribution >= 4 is 6.21 Å². The second kappa shape index (κ2) is 6.70. The third kappa shape index (κ3) is 3.92. The average Bonchev–Trinajstić information content (AvgIpc) is 2.40. The highest BCUT2D eigenvalue weighted by Gasteiger charge is 2.06. The zero-order valence-electron chi connectivity index (χ0n) is 10.8. The first-order chi connectivity index (χ1) is 8.19. The van der Waals surface area contributed by atoms with Gasteiger partial charge in [-0.15, -0.1) is 11.5 Å². The predicted molar refractivity (Wildman–Crippen MR) is 75.3 cm³/mol. The molecule has 0 radical (unpaired) electrons. The fourth-order valence-electron chi connectivity index (χ4n) is 1.74. The first kappa shape index (κ1) is 13.3. The minimum atomic E-state index is 0.359. The maximum absolute atomic E-state index is 4.01. The zero-order chi connectivity index (χ0) is 12.7. The molecule has 0 saturated heterocycles. The van der Waals surface area contributed by atoms with Gasteiger partial charge in [-0.3, -0.25) is 4.99 Å². The molecule has 1 atom stereocenters. The van der Waals surface area contributed by atoms with Gasteiger partial charge in [0.25, 0.3) is 0 Å². The molecular formula is C16H19N. The van der Waals surface area contributed by atoms with Crippen LogP contribution >= 0.6 is 0 Å². The summed E-state index contributed by atoms with van der Waals surface area (Å²) in [7, 11) is 1.75. The molecule has 0 amide bonds. The third-order valence-corrected chi connectivity index (χ3v) is 2.70. The maximum atomic E-state index is 4.01. The van der Waals surface area contributed by atoms with E-state index in [4.69, 9.17) is 0 Å². The van der Waals surface area contributed by atoms with Crippen molar-refractivity contribution in [2.75, 3.05) is 7.05 Å². The van der Waals surface area contributed by atoms with Gasteiger partial charge in [-0.25, -0.2) is 0 Å². The summed E-state index contributed by atoms with van der Waals surface area (Å²) < 4.78 is 0. The Labute approximate surface area is 104 Å². The highest BCUT2D eigenvalue weighted by Crippen LogP contribution is 2.20. The zero-order valence-corrected chi connectivity index (χ0v) is 10.8. The lowest BCUT2D eigenvalue weighted by Gasteiger charge is -2.09. The van der Waals surface area contributed by atoms with Gasteiger partial charge < -0.3 is 0 Å². The van der Waals surface area contributed by atoms with Crippen LogP contribution in [0.3, 0.4) is 0 Å². The third-order valence-electron chi connectivity index (χ3n) is 2.70. The SMILES string of the molecule is C=C(C=NC)/C1=C/C(C)C(CC)=C=CC=C=C1. The molecule has 0 aliphatic heterocycles. The molecule has 1 nitrogen and oxygen atoms in total. The van der Waals surface area contributed by atoms with Crippen LogP contribution in [0.15, 0.2) is 64.1 Å². The predicted octanol–water partition coefficient (Wildman–Crippen LogP) is 4.02. The second-order valence-corrected chi connectivity index (χ2v) is 3.99. The molecule has 88 valence electrons. The van der Waals surface area contributed by atoms with E-state index in [1.807, 2.05) is 18.2 Å². The van der Waals surface area contributed by atoms with Crippen LogP contribution in [-0.4, -0.2) is 13.3 Å². The minimum absolute atomic E-state index is 0.359. The molecule has 1 aliphatic carbocycles. The van der Waals surface area contributed by atoms with Crippen molar-refractivity contribution in [3.05, 3.63) is 59.1 Å². The quantitative estimate of drug-likeness (QED) is 0.508. The van der Waals surface area contributed by atoms with Gasteiger partial charge in [0.1, 0.15) is 0 Å². The number of hydrogen-bond donors (Lipinski definition) is 0. The van der Waals surface area contributed by atoms with E-state index >= 15 is 0 Å². The van der Waals surface area contributed by atoms with Gasteiger partial charge in [0.2, 0.25) is 0 Å². The van der Waals surface area contributed by atoms with Gasteiger partial charge in [-0.2, -0.15) is 0 Å². The van der Waals surface area contributed by atoms with E-state index < -0.39 is 0 Å². The Kier molecular flexibility index (Phi) is 5.23. The first-order valence-electron chi connectivity index (χ1n) is 5.88. The number of aliphatic imine (C=N–C) groups is 1. The topological polar surface area (TPSA) is 12.4 Å². The summed E-state index contributed by atoms with van der Waals surface area (Å²) >= 11 is 0. The fourth-order valence-corrected chi connectivity index (χ4v) is 1.74. The molecule has 0 N–H and O–H groups in total. The summed E-state index contributed by atoms with van der Waals surface area (Å²) in [5, 5.41) is 0. The molecule has 0 bridgehead atoms. The Morgan fingerprint density at radius 3 is 2.94 bits per heavy atom. The van der Waals surface area contributed by atoms with E-state index in [1.54, 1.807) is 13.3 Å². The molecule has 1 unspecified atom stereocenters. The molecule has 0 aromatic carbocycles. The van der Waals surface area contributed by atoms with Crippen molar-refractivity contribution in [1.29, 1.82) is 0 Å². The van der Waals surface area contributed by atoms with Gasteiger partial charge in [0, 0.05) is 19.2 Å². The number of hydrogen-bond acceptors (Lipinski definition) is 1. The molecule has 17 heavy (non-hydrogen) atoms. The molecular weight excluding hydrogens is 206 g/mol. The van der Waals surface area contributed by atoms with Gasteiger partial charge >= 0.3 is 0 Å². The number of allylic oxidation sites excluding steroid dienone is 5. The summed E-state index contributed by atoms with van der Waals surface area (Å²) in [6.07, 6.45) is 10.7. The highest BCUT2D eigenvalue weighted by molar-refractivity contribution is 5.85. The van der Waals surface area contributed by atoms with E-state index in [0.717, 1.165) is 17.6 Å². The summed E-state index contributed by atoms with van der Waals surface area (Å²) in [6, 6.07) is 0. The van der Waals surface area contributed by atoms with Crippen molar-refractivity contribution in [2.45, 2.75) is 20.3 Å².